The molecular formula is C29H27NO4. The van der Waals surface area contributed by atoms with Crippen LogP contribution < -0.4 is 5.32 Å². The SMILES string of the molecule is O=C(OC1C(OC(=O)c2ccccc2)C2C3CCC(N3)C2C1c1ccccc1)c1ccccc1. The van der Waals surface area contributed by atoms with Crippen molar-refractivity contribution in [2.75, 3.05) is 0 Å². The molecule has 6 rings (SSSR count). The first-order valence-corrected chi connectivity index (χ1v) is 12.0. The summed E-state index contributed by atoms with van der Waals surface area (Å²) >= 11 is 0. The standard InChI is InChI=1S/C29H27NO4/c31-28(19-12-6-2-7-13-19)33-26-23(18-10-4-1-5-11-18)24-21-16-17-22(30-21)25(24)27(26)34-29(32)20-14-8-3-9-15-20/h1-15,21-27,30H,16-17H2. The van der Waals surface area contributed by atoms with E-state index in [1.807, 2.05) is 54.6 Å². The molecule has 3 aromatic rings. The third kappa shape index (κ3) is 3.61. The van der Waals surface area contributed by atoms with Gasteiger partial charge in [0.05, 0.1) is 11.1 Å². The summed E-state index contributed by atoms with van der Waals surface area (Å²) in [7, 11) is 0. The van der Waals surface area contributed by atoms with Gasteiger partial charge in [0.25, 0.3) is 0 Å². The van der Waals surface area contributed by atoms with Gasteiger partial charge in [0.15, 0.2) is 0 Å². The van der Waals surface area contributed by atoms with Crippen molar-refractivity contribution < 1.29 is 19.1 Å². The Morgan fingerprint density at radius 2 is 1.09 bits per heavy atom. The van der Waals surface area contributed by atoms with Crippen LogP contribution in [0.5, 0.6) is 0 Å². The van der Waals surface area contributed by atoms with Crippen molar-refractivity contribution in [3.8, 4) is 0 Å². The maximum absolute atomic E-state index is 13.2. The highest BCUT2D eigenvalue weighted by molar-refractivity contribution is 5.90. The molecule has 1 aliphatic carbocycles. The summed E-state index contributed by atoms with van der Waals surface area (Å²) < 4.78 is 12.4. The van der Waals surface area contributed by atoms with Crippen LogP contribution in [0.15, 0.2) is 91.0 Å². The van der Waals surface area contributed by atoms with E-state index in [-0.39, 0.29) is 35.7 Å². The van der Waals surface area contributed by atoms with E-state index in [1.54, 1.807) is 24.3 Å². The summed E-state index contributed by atoms with van der Waals surface area (Å²) in [5.74, 6) is -0.460. The van der Waals surface area contributed by atoms with Crippen LogP contribution in [0.1, 0.15) is 45.0 Å². The van der Waals surface area contributed by atoms with E-state index >= 15 is 0 Å². The number of fused-ring (bicyclic) bond motifs is 5. The molecule has 2 heterocycles. The summed E-state index contributed by atoms with van der Waals surface area (Å²) in [6.07, 6.45) is 1.07. The Morgan fingerprint density at radius 1 is 0.618 bits per heavy atom. The monoisotopic (exact) mass is 453 g/mol. The average molecular weight is 454 g/mol. The summed E-state index contributed by atoms with van der Waals surface area (Å²) in [5, 5.41) is 3.75. The third-order valence-corrected chi connectivity index (χ3v) is 7.75. The predicted octanol–water partition coefficient (Wildman–Crippen LogP) is 4.60. The Balaban J connectivity index is 1.39. The van der Waals surface area contributed by atoms with Crippen LogP contribution in [0.4, 0.5) is 0 Å². The Labute approximate surface area is 199 Å². The maximum Gasteiger partial charge on any atom is 0.338 e. The molecular weight excluding hydrogens is 426 g/mol. The lowest BCUT2D eigenvalue weighted by Crippen LogP contribution is -2.41. The van der Waals surface area contributed by atoms with Crippen molar-refractivity contribution in [3.63, 3.8) is 0 Å². The van der Waals surface area contributed by atoms with E-state index < -0.39 is 12.2 Å². The number of rotatable bonds is 5. The number of benzene rings is 3. The van der Waals surface area contributed by atoms with Crippen molar-refractivity contribution in [1.82, 2.24) is 5.32 Å². The van der Waals surface area contributed by atoms with Gasteiger partial charge in [-0.1, -0.05) is 66.7 Å². The Hall–Kier alpha value is -3.44. The summed E-state index contributed by atoms with van der Waals surface area (Å²) in [4.78, 5) is 26.4. The number of carbonyl (C=O) groups is 2. The quantitative estimate of drug-likeness (QED) is 0.572. The minimum atomic E-state index is -0.553. The zero-order valence-corrected chi connectivity index (χ0v) is 18.7. The van der Waals surface area contributed by atoms with Gasteiger partial charge in [0, 0.05) is 23.9 Å². The third-order valence-electron chi connectivity index (χ3n) is 7.75. The molecule has 7 atom stereocenters. The van der Waals surface area contributed by atoms with Crippen molar-refractivity contribution >= 4 is 11.9 Å². The first kappa shape index (κ1) is 21.1. The van der Waals surface area contributed by atoms with Gasteiger partial charge < -0.3 is 14.8 Å². The molecule has 2 saturated heterocycles. The molecule has 5 nitrogen and oxygen atoms in total. The molecule has 3 aliphatic rings. The van der Waals surface area contributed by atoms with E-state index in [4.69, 9.17) is 9.47 Å². The number of nitrogens with one attached hydrogen (secondary N) is 1. The molecule has 3 fully saturated rings. The van der Waals surface area contributed by atoms with Gasteiger partial charge >= 0.3 is 11.9 Å². The summed E-state index contributed by atoms with van der Waals surface area (Å²) in [6.45, 7) is 0. The molecule has 0 aromatic heterocycles. The fraction of sp³-hybridized carbons (Fsp3) is 0.310. The molecule has 0 spiro atoms. The van der Waals surface area contributed by atoms with Crippen LogP contribution in [0.2, 0.25) is 0 Å². The van der Waals surface area contributed by atoms with Gasteiger partial charge in [0.2, 0.25) is 0 Å². The number of esters is 2. The zero-order valence-electron chi connectivity index (χ0n) is 18.7. The fourth-order valence-corrected chi connectivity index (χ4v) is 6.43. The van der Waals surface area contributed by atoms with Crippen LogP contribution in [0.25, 0.3) is 0 Å². The number of hydrogen-bond acceptors (Lipinski definition) is 5. The van der Waals surface area contributed by atoms with Gasteiger partial charge in [-0.15, -0.1) is 0 Å². The Kier molecular flexibility index (Phi) is 5.42. The van der Waals surface area contributed by atoms with E-state index in [0.717, 1.165) is 18.4 Å². The van der Waals surface area contributed by atoms with Crippen molar-refractivity contribution in [2.45, 2.75) is 43.1 Å². The van der Waals surface area contributed by atoms with E-state index in [9.17, 15) is 9.59 Å². The second-order valence-electron chi connectivity index (χ2n) is 9.52. The molecule has 2 bridgehead atoms. The molecule has 34 heavy (non-hydrogen) atoms. The maximum atomic E-state index is 13.2. The molecule has 172 valence electrons. The highest BCUT2D eigenvalue weighted by Crippen LogP contribution is 2.56. The second kappa shape index (κ2) is 8.73. The van der Waals surface area contributed by atoms with Crippen molar-refractivity contribution in [3.05, 3.63) is 108 Å². The molecule has 1 saturated carbocycles. The minimum Gasteiger partial charge on any atom is -0.454 e. The highest BCUT2D eigenvalue weighted by atomic mass is 16.6. The van der Waals surface area contributed by atoms with E-state index in [2.05, 4.69) is 17.4 Å². The predicted molar refractivity (Wildman–Crippen MR) is 127 cm³/mol. The van der Waals surface area contributed by atoms with Crippen molar-refractivity contribution in [1.29, 1.82) is 0 Å². The zero-order chi connectivity index (χ0) is 23.1. The first-order valence-electron chi connectivity index (χ1n) is 12.0. The first-order chi connectivity index (χ1) is 16.7. The van der Waals surface area contributed by atoms with Crippen molar-refractivity contribution in [2.24, 2.45) is 11.8 Å². The van der Waals surface area contributed by atoms with Gasteiger partial charge in [-0.3, -0.25) is 0 Å². The van der Waals surface area contributed by atoms with Gasteiger partial charge in [-0.25, -0.2) is 9.59 Å². The van der Waals surface area contributed by atoms with Crippen LogP contribution >= 0.6 is 0 Å². The number of hydrogen-bond donors (Lipinski definition) is 1. The molecule has 3 aromatic carbocycles. The van der Waals surface area contributed by atoms with Crippen LogP contribution in [-0.4, -0.2) is 36.2 Å². The van der Waals surface area contributed by atoms with Crippen LogP contribution in [0.3, 0.4) is 0 Å². The lowest BCUT2D eigenvalue weighted by atomic mass is 9.75. The Bertz CT molecular complexity index is 1170. The summed E-state index contributed by atoms with van der Waals surface area (Å²) in [6, 6.07) is 28.9. The Morgan fingerprint density at radius 3 is 1.65 bits per heavy atom. The van der Waals surface area contributed by atoms with Gasteiger partial charge in [-0.05, 0) is 48.6 Å². The van der Waals surface area contributed by atoms with E-state index in [0.29, 0.717) is 17.2 Å². The molecule has 7 unspecified atom stereocenters. The molecule has 5 heteroatoms. The number of carbonyl (C=O) groups excluding carboxylic acids is 2. The topological polar surface area (TPSA) is 64.6 Å². The minimum absolute atomic E-state index is 0.0461. The lowest BCUT2D eigenvalue weighted by Gasteiger charge is -2.29. The fourth-order valence-electron chi connectivity index (χ4n) is 6.43. The second-order valence-corrected chi connectivity index (χ2v) is 9.52. The number of ether oxygens (including phenoxy) is 2. The largest absolute Gasteiger partial charge is 0.454 e. The van der Waals surface area contributed by atoms with Crippen LogP contribution in [0, 0.1) is 11.8 Å². The highest BCUT2D eigenvalue weighted by Gasteiger charge is 2.64. The summed E-state index contributed by atoms with van der Waals surface area (Å²) in [5.41, 5.74) is 2.13. The molecule has 0 amide bonds. The molecule has 0 radical (unpaired) electrons. The van der Waals surface area contributed by atoms with Gasteiger partial charge in [0.1, 0.15) is 12.2 Å². The normalized spacial score (nSPS) is 31.1. The van der Waals surface area contributed by atoms with Gasteiger partial charge in [-0.2, -0.15) is 0 Å². The average Bonchev–Trinajstić information content (AvgIpc) is 3.59. The van der Waals surface area contributed by atoms with E-state index in [1.165, 1.54) is 0 Å². The molecule has 2 aliphatic heterocycles. The van der Waals surface area contributed by atoms with Crippen LogP contribution in [-0.2, 0) is 9.47 Å². The molecule has 1 N–H and O–H groups in total. The lowest BCUT2D eigenvalue weighted by molar-refractivity contribution is -0.0413. The smallest absolute Gasteiger partial charge is 0.338 e.